The molecule has 3 aromatic rings. The van der Waals surface area contributed by atoms with E-state index in [0.29, 0.717) is 35.3 Å². The molecule has 2 aromatic heterocycles. The molecule has 0 fully saturated rings. The Bertz CT molecular complexity index is 780. The summed E-state index contributed by atoms with van der Waals surface area (Å²) in [4.78, 5) is 16.0. The average Bonchev–Trinajstić information content (AvgIpc) is 3.22. The summed E-state index contributed by atoms with van der Waals surface area (Å²) in [7, 11) is 0. The monoisotopic (exact) mass is 313 g/mol. The molecule has 0 spiro atoms. The number of benzene rings is 1. The van der Waals surface area contributed by atoms with Crippen LogP contribution in [0.1, 0.15) is 11.6 Å². The number of nitrogens with one attached hydrogen (secondary N) is 1. The molecule has 0 unspecified atom stereocenters. The number of furan rings is 1. The molecule has 7 nitrogen and oxygen atoms in total. The molecule has 0 saturated heterocycles. The third kappa shape index (κ3) is 3.76. The van der Waals surface area contributed by atoms with Crippen LogP contribution in [-0.2, 0) is 11.3 Å². The third-order valence-electron chi connectivity index (χ3n) is 3.04. The van der Waals surface area contributed by atoms with E-state index in [0.717, 1.165) is 0 Å². The van der Waals surface area contributed by atoms with Gasteiger partial charge in [0.05, 0.1) is 18.4 Å². The molecule has 3 rings (SSSR count). The highest BCUT2D eigenvalue weighted by Crippen LogP contribution is 2.28. The lowest BCUT2D eigenvalue weighted by Gasteiger charge is -2.09. The summed E-state index contributed by atoms with van der Waals surface area (Å²) in [6.07, 6.45) is 1.56. The van der Waals surface area contributed by atoms with Crippen molar-refractivity contribution in [2.45, 2.75) is 13.5 Å². The lowest BCUT2D eigenvalue weighted by Crippen LogP contribution is -2.28. The number of rotatable bonds is 6. The standard InChI is InChI=1S/C16H15N3O4/c1-11-18-16(23-19-11)13-6-2-3-7-14(13)22-10-15(20)17-9-12-5-4-8-21-12/h2-8H,9-10H2,1H3,(H,17,20). The van der Waals surface area contributed by atoms with Crippen molar-refractivity contribution in [1.29, 1.82) is 0 Å². The van der Waals surface area contributed by atoms with Gasteiger partial charge in [0.15, 0.2) is 12.4 Å². The molecule has 0 saturated carbocycles. The fourth-order valence-electron chi connectivity index (χ4n) is 1.97. The Kier molecular flexibility index (Phi) is 4.37. The molecule has 23 heavy (non-hydrogen) atoms. The van der Waals surface area contributed by atoms with E-state index in [9.17, 15) is 4.79 Å². The van der Waals surface area contributed by atoms with Gasteiger partial charge in [-0.05, 0) is 31.2 Å². The first-order chi connectivity index (χ1) is 11.2. The third-order valence-corrected chi connectivity index (χ3v) is 3.04. The maximum atomic E-state index is 11.8. The smallest absolute Gasteiger partial charge is 0.261 e. The molecule has 0 aliphatic heterocycles. The van der Waals surface area contributed by atoms with Crippen LogP contribution in [0.3, 0.4) is 0 Å². The number of para-hydroxylation sites is 1. The Morgan fingerprint density at radius 2 is 2.13 bits per heavy atom. The molecule has 1 amide bonds. The van der Waals surface area contributed by atoms with Crippen LogP contribution in [0.2, 0.25) is 0 Å². The predicted octanol–water partition coefficient (Wildman–Crippen LogP) is 2.33. The molecule has 0 atom stereocenters. The van der Waals surface area contributed by atoms with Gasteiger partial charge in [0.2, 0.25) is 0 Å². The number of hydrogen-bond donors (Lipinski definition) is 1. The van der Waals surface area contributed by atoms with Crippen molar-refractivity contribution in [3.63, 3.8) is 0 Å². The minimum absolute atomic E-state index is 0.120. The minimum atomic E-state index is -0.252. The highest BCUT2D eigenvalue weighted by Gasteiger charge is 2.13. The van der Waals surface area contributed by atoms with Crippen molar-refractivity contribution in [3.8, 4) is 17.2 Å². The number of hydrogen-bond acceptors (Lipinski definition) is 6. The molecule has 2 heterocycles. The molecular formula is C16H15N3O4. The Morgan fingerprint density at radius 3 is 2.87 bits per heavy atom. The Labute approximate surface area is 132 Å². The number of ether oxygens (including phenoxy) is 1. The minimum Gasteiger partial charge on any atom is -0.483 e. The number of aryl methyl sites for hydroxylation is 1. The van der Waals surface area contributed by atoms with Gasteiger partial charge < -0.3 is 19.0 Å². The molecule has 0 bridgehead atoms. The maximum Gasteiger partial charge on any atom is 0.261 e. The lowest BCUT2D eigenvalue weighted by molar-refractivity contribution is -0.123. The van der Waals surface area contributed by atoms with Gasteiger partial charge in [0.25, 0.3) is 11.8 Å². The van der Waals surface area contributed by atoms with E-state index in [2.05, 4.69) is 15.5 Å². The van der Waals surface area contributed by atoms with Crippen molar-refractivity contribution in [2.24, 2.45) is 0 Å². The lowest BCUT2D eigenvalue weighted by atomic mass is 10.2. The summed E-state index contributed by atoms with van der Waals surface area (Å²) in [5.74, 6) is 1.82. The second-order valence-corrected chi connectivity index (χ2v) is 4.79. The zero-order chi connectivity index (χ0) is 16.1. The van der Waals surface area contributed by atoms with Crippen molar-refractivity contribution in [2.75, 3.05) is 6.61 Å². The van der Waals surface area contributed by atoms with Gasteiger partial charge in [0, 0.05) is 0 Å². The first-order valence-electron chi connectivity index (χ1n) is 7.04. The van der Waals surface area contributed by atoms with Crippen molar-refractivity contribution in [1.82, 2.24) is 15.5 Å². The van der Waals surface area contributed by atoms with E-state index in [1.54, 1.807) is 37.5 Å². The second kappa shape index (κ2) is 6.78. The number of carbonyl (C=O) groups excluding carboxylic acids is 1. The quantitative estimate of drug-likeness (QED) is 0.751. The highest BCUT2D eigenvalue weighted by atomic mass is 16.5. The van der Waals surface area contributed by atoms with Crippen LogP contribution in [0, 0.1) is 6.92 Å². The second-order valence-electron chi connectivity index (χ2n) is 4.79. The summed E-state index contributed by atoms with van der Waals surface area (Å²) >= 11 is 0. The molecule has 1 aromatic carbocycles. The Hall–Kier alpha value is -3.09. The summed E-state index contributed by atoms with van der Waals surface area (Å²) in [6.45, 7) is 1.93. The maximum absolute atomic E-state index is 11.8. The fourth-order valence-corrected chi connectivity index (χ4v) is 1.97. The van der Waals surface area contributed by atoms with Crippen LogP contribution < -0.4 is 10.1 Å². The summed E-state index contributed by atoms with van der Waals surface area (Å²) in [5, 5.41) is 6.47. The zero-order valence-corrected chi connectivity index (χ0v) is 12.5. The predicted molar refractivity (Wildman–Crippen MR) is 80.5 cm³/mol. The fraction of sp³-hybridized carbons (Fsp3) is 0.188. The number of carbonyl (C=O) groups is 1. The number of amides is 1. The molecular weight excluding hydrogens is 298 g/mol. The highest BCUT2D eigenvalue weighted by molar-refractivity contribution is 5.77. The van der Waals surface area contributed by atoms with Crippen molar-refractivity contribution < 1.29 is 18.5 Å². The molecule has 0 aliphatic carbocycles. The van der Waals surface area contributed by atoms with E-state index in [1.165, 1.54) is 0 Å². The first kappa shape index (κ1) is 14.8. The van der Waals surface area contributed by atoms with Crippen LogP contribution in [0.4, 0.5) is 0 Å². The first-order valence-corrected chi connectivity index (χ1v) is 7.04. The summed E-state index contributed by atoms with van der Waals surface area (Å²) in [5.41, 5.74) is 0.645. The van der Waals surface area contributed by atoms with Gasteiger partial charge in [-0.25, -0.2) is 0 Å². The van der Waals surface area contributed by atoms with Crippen LogP contribution in [-0.4, -0.2) is 22.7 Å². The van der Waals surface area contributed by atoms with Gasteiger partial charge in [-0.1, -0.05) is 17.3 Å². The van der Waals surface area contributed by atoms with Crippen LogP contribution in [0.5, 0.6) is 5.75 Å². The van der Waals surface area contributed by atoms with Crippen molar-refractivity contribution in [3.05, 3.63) is 54.2 Å². The van der Waals surface area contributed by atoms with E-state index in [-0.39, 0.29) is 12.5 Å². The number of nitrogens with zero attached hydrogens (tertiary/aromatic N) is 2. The molecule has 7 heteroatoms. The molecule has 118 valence electrons. The van der Waals surface area contributed by atoms with E-state index in [4.69, 9.17) is 13.7 Å². The van der Waals surface area contributed by atoms with Crippen LogP contribution in [0.25, 0.3) is 11.5 Å². The van der Waals surface area contributed by atoms with Gasteiger partial charge in [0.1, 0.15) is 11.5 Å². The van der Waals surface area contributed by atoms with Crippen molar-refractivity contribution >= 4 is 5.91 Å². The van der Waals surface area contributed by atoms with Gasteiger partial charge in [-0.3, -0.25) is 4.79 Å². The van der Waals surface area contributed by atoms with Gasteiger partial charge in [-0.2, -0.15) is 4.98 Å². The molecule has 0 aliphatic rings. The SMILES string of the molecule is Cc1noc(-c2ccccc2OCC(=O)NCc2ccco2)n1. The zero-order valence-electron chi connectivity index (χ0n) is 12.5. The van der Waals surface area contributed by atoms with Gasteiger partial charge in [-0.15, -0.1) is 0 Å². The van der Waals surface area contributed by atoms with Gasteiger partial charge >= 0.3 is 0 Å². The molecule has 1 N–H and O–H groups in total. The van der Waals surface area contributed by atoms with Crippen LogP contribution in [0.15, 0.2) is 51.6 Å². The Morgan fingerprint density at radius 1 is 1.26 bits per heavy atom. The van der Waals surface area contributed by atoms with Crippen LogP contribution >= 0.6 is 0 Å². The Balaban J connectivity index is 1.61. The van der Waals surface area contributed by atoms with E-state index in [1.807, 2.05) is 12.1 Å². The van der Waals surface area contributed by atoms with E-state index < -0.39 is 0 Å². The topological polar surface area (TPSA) is 90.4 Å². The molecule has 0 radical (unpaired) electrons. The average molecular weight is 313 g/mol. The summed E-state index contributed by atoms with van der Waals surface area (Å²) in [6, 6.07) is 10.7. The van der Waals surface area contributed by atoms with E-state index >= 15 is 0 Å². The number of aromatic nitrogens is 2. The normalized spacial score (nSPS) is 10.5. The largest absolute Gasteiger partial charge is 0.483 e. The summed E-state index contributed by atoms with van der Waals surface area (Å²) < 4.78 is 15.8.